The van der Waals surface area contributed by atoms with E-state index >= 15 is 0 Å². The standard InChI is InChI=1S/C17H29N3/c1-4-8-14-9-7-10-15(13-14)16(19-18)17(2,3)20-11-5-6-12-20/h7,9-10,13,16,19H,4-6,8,11-12,18H2,1-3H3. The Hall–Kier alpha value is -0.900. The first-order valence-electron chi connectivity index (χ1n) is 7.89. The van der Waals surface area contributed by atoms with Crippen molar-refractivity contribution >= 4 is 0 Å². The number of aryl methyl sites for hydroxylation is 1. The van der Waals surface area contributed by atoms with Crippen molar-refractivity contribution in [2.24, 2.45) is 5.84 Å². The van der Waals surface area contributed by atoms with Crippen LogP contribution in [0.4, 0.5) is 0 Å². The van der Waals surface area contributed by atoms with E-state index in [1.807, 2.05) is 0 Å². The Bertz CT molecular complexity index is 422. The molecule has 112 valence electrons. The summed E-state index contributed by atoms with van der Waals surface area (Å²) >= 11 is 0. The van der Waals surface area contributed by atoms with Gasteiger partial charge in [-0.2, -0.15) is 0 Å². The first-order valence-corrected chi connectivity index (χ1v) is 7.89. The minimum Gasteiger partial charge on any atom is -0.296 e. The molecule has 0 spiro atoms. The lowest BCUT2D eigenvalue weighted by atomic mass is 9.86. The molecule has 0 saturated carbocycles. The van der Waals surface area contributed by atoms with E-state index in [0.29, 0.717) is 0 Å². The molecule has 1 saturated heterocycles. The van der Waals surface area contributed by atoms with Crippen molar-refractivity contribution in [1.82, 2.24) is 10.3 Å². The Kier molecular flexibility index (Phi) is 5.19. The van der Waals surface area contributed by atoms with Crippen LogP contribution in [0.2, 0.25) is 0 Å². The maximum absolute atomic E-state index is 5.91. The number of likely N-dealkylation sites (tertiary alicyclic amines) is 1. The molecule has 3 N–H and O–H groups in total. The fourth-order valence-electron chi connectivity index (χ4n) is 3.40. The van der Waals surface area contributed by atoms with E-state index in [-0.39, 0.29) is 11.6 Å². The fraction of sp³-hybridized carbons (Fsp3) is 0.647. The van der Waals surface area contributed by atoms with Gasteiger partial charge in [0.05, 0.1) is 6.04 Å². The molecule has 1 aliphatic rings. The third kappa shape index (κ3) is 3.22. The first kappa shape index (κ1) is 15.5. The summed E-state index contributed by atoms with van der Waals surface area (Å²) in [5.41, 5.74) is 5.81. The zero-order valence-electron chi connectivity index (χ0n) is 13.2. The highest BCUT2D eigenvalue weighted by molar-refractivity contribution is 5.28. The van der Waals surface area contributed by atoms with E-state index in [1.165, 1.54) is 43.5 Å². The fourth-order valence-corrected chi connectivity index (χ4v) is 3.40. The topological polar surface area (TPSA) is 41.3 Å². The summed E-state index contributed by atoms with van der Waals surface area (Å²) in [5, 5.41) is 0. The highest BCUT2D eigenvalue weighted by atomic mass is 15.3. The van der Waals surface area contributed by atoms with Crippen LogP contribution in [0.25, 0.3) is 0 Å². The number of hydrogen-bond acceptors (Lipinski definition) is 3. The number of nitrogens with two attached hydrogens (primary N) is 1. The molecule has 2 rings (SSSR count). The van der Waals surface area contributed by atoms with Crippen LogP contribution in [0.5, 0.6) is 0 Å². The van der Waals surface area contributed by atoms with Gasteiger partial charge in [0.2, 0.25) is 0 Å². The maximum Gasteiger partial charge on any atom is 0.0638 e. The molecule has 1 unspecified atom stereocenters. The zero-order chi connectivity index (χ0) is 14.6. The summed E-state index contributed by atoms with van der Waals surface area (Å²) in [6.07, 6.45) is 4.92. The van der Waals surface area contributed by atoms with E-state index in [2.05, 4.69) is 55.4 Å². The van der Waals surface area contributed by atoms with Crippen LogP contribution in [0.15, 0.2) is 24.3 Å². The molecule has 0 aromatic heterocycles. The second-order valence-corrected chi connectivity index (χ2v) is 6.44. The number of nitrogens with one attached hydrogen (secondary N) is 1. The van der Waals surface area contributed by atoms with E-state index < -0.39 is 0 Å². The van der Waals surface area contributed by atoms with Gasteiger partial charge in [-0.1, -0.05) is 37.6 Å². The summed E-state index contributed by atoms with van der Waals surface area (Å²) in [5.74, 6) is 5.91. The van der Waals surface area contributed by atoms with Gasteiger partial charge in [-0.3, -0.25) is 16.2 Å². The summed E-state index contributed by atoms with van der Waals surface area (Å²) in [6, 6.07) is 9.04. The van der Waals surface area contributed by atoms with Gasteiger partial charge in [-0.05, 0) is 57.3 Å². The summed E-state index contributed by atoms with van der Waals surface area (Å²) in [6.45, 7) is 9.18. The van der Waals surface area contributed by atoms with E-state index in [4.69, 9.17) is 5.84 Å². The molecule has 3 heteroatoms. The van der Waals surface area contributed by atoms with E-state index in [9.17, 15) is 0 Å². The number of rotatable bonds is 6. The molecule has 1 aromatic rings. The minimum atomic E-state index is 0.0378. The molecule has 1 atom stereocenters. The largest absolute Gasteiger partial charge is 0.296 e. The zero-order valence-corrected chi connectivity index (χ0v) is 13.2. The molecule has 0 aliphatic carbocycles. The average molecular weight is 275 g/mol. The monoisotopic (exact) mass is 275 g/mol. The average Bonchev–Trinajstić information content (AvgIpc) is 2.95. The Morgan fingerprint density at radius 2 is 2.00 bits per heavy atom. The van der Waals surface area contributed by atoms with Gasteiger partial charge >= 0.3 is 0 Å². The van der Waals surface area contributed by atoms with Gasteiger partial charge < -0.3 is 0 Å². The van der Waals surface area contributed by atoms with Gasteiger partial charge in [0, 0.05) is 5.54 Å². The molecule has 3 nitrogen and oxygen atoms in total. The van der Waals surface area contributed by atoms with Crippen molar-refractivity contribution in [3.63, 3.8) is 0 Å². The number of hydrazine groups is 1. The molecule has 1 heterocycles. The molecule has 0 radical (unpaired) electrons. The van der Waals surface area contributed by atoms with Gasteiger partial charge in [0.15, 0.2) is 0 Å². The van der Waals surface area contributed by atoms with Crippen molar-refractivity contribution in [3.8, 4) is 0 Å². The van der Waals surface area contributed by atoms with Crippen LogP contribution in [0.3, 0.4) is 0 Å². The first-order chi connectivity index (χ1) is 9.59. The number of nitrogens with zero attached hydrogens (tertiary/aromatic N) is 1. The summed E-state index contributed by atoms with van der Waals surface area (Å²) < 4.78 is 0. The third-order valence-corrected chi connectivity index (χ3v) is 4.62. The predicted octanol–water partition coefficient (Wildman–Crippen LogP) is 3.02. The molecular weight excluding hydrogens is 246 g/mol. The molecule has 1 aliphatic heterocycles. The Morgan fingerprint density at radius 3 is 2.60 bits per heavy atom. The third-order valence-electron chi connectivity index (χ3n) is 4.62. The van der Waals surface area contributed by atoms with Gasteiger partial charge in [-0.15, -0.1) is 0 Å². The van der Waals surface area contributed by atoms with Crippen molar-refractivity contribution in [1.29, 1.82) is 0 Å². The Balaban J connectivity index is 2.24. The minimum absolute atomic E-state index is 0.0378. The second kappa shape index (κ2) is 6.70. The van der Waals surface area contributed by atoms with E-state index in [0.717, 1.165) is 6.42 Å². The normalized spacial score (nSPS) is 18.4. The molecule has 0 bridgehead atoms. The Labute approximate surface area is 123 Å². The van der Waals surface area contributed by atoms with Crippen LogP contribution in [0, 0.1) is 0 Å². The highest BCUT2D eigenvalue weighted by Crippen LogP contribution is 2.33. The van der Waals surface area contributed by atoms with Crippen LogP contribution >= 0.6 is 0 Å². The lowest BCUT2D eigenvalue weighted by molar-refractivity contribution is 0.107. The second-order valence-electron chi connectivity index (χ2n) is 6.44. The van der Waals surface area contributed by atoms with Crippen molar-refractivity contribution < 1.29 is 0 Å². The lowest BCUT2D eigenvalue weighted by Gasteiger charge is -2.42. The van der Waals surface area contributed by atoms with Gasteiger partial charge in [0.1, 0.15) is 0 Å². The summed E-state index contributed by atoms with van der Waals surface area (Å²) in [7, 11) is 0. The number of hydrogen-bond donors (Lipinski definition) is 2. The van der Waals surface area contributed by atoms with Crippen LogP contribution in [-0.4, -0.2) is 23.5 Å². The molecule has 20 heavy (non-hydrogen) atoms. The predicted molar refractivity (Wildman–Crippen MR) is 85.4 cm³/mol. The van der Waals surface area contributed by atoms with Crippen LogP contribution in [-0.2, 0) is 6.42 Å². The quantitative estimate of drug-likeness (QED) is 0.619. The van der Waals surface area contributed by atoms with Crippen molar-refractivity contribution in [2.45, 2.75) is 58.0 Å². The number of benzene rings is 1. The van der Waals surface area contributed by atoms with E-state index in [1.54, 1.807) is 0 Å². The van der Waals surface area contributed by atoms with Crippen LogP contribution < -0.4 is 11.3 Å². The molecule has 1 fully saturated rings. The highest BCUT2D eigenvalue weighted by Gasteiger charge is 2.37. The summed E-state index contributed by atoms with van der Waals surface area (Å²) in [4.78, 5) is 2.56. The smallest absolute Gasteiger partial charge is 0.0638 e. The Morgan fingerprint density at radius 1 is 1.30 bits per heavy atom. The van der Waals surface area contributed by atoms with Crippen molar-refractivity contribution in [3.05, 3.63) is 35.4 Å². The van der Waals surface area contributed by atoms with Gasteiger partial charge in [-0.25, -0.2) is 0 Å². The molecule has 0 amide bonds. The molecule has 1 aromatic carbocycles. The maximum atomic E-state index is 5.91. The van der Waals surface area contributed by atoms with Gasteiger partial charge in [0.25, 0.3) is 0 Å². The van der Waals surface area contributed by atoms with Crippen molar-refractivity contribution in [2.75, 3.05) is 13.1 Å². The van der Waals surface area contributed by atoms with Crippen LogP contribution in [0.1, 0.15) is 57.2 Å². The lowest BCUT2D eigenvalue weighted by Crippen LogP contribution is -2.53. The SMILES string of the molecule is CCCc1cccc(C(NN)C(C)(C)N2CCCC2)c1. The molecular formula is C17H29N3.